The van der Waals surface area contributed by atoms with Gasteiger partial charge in [0.2, 0.25) is 6.29 Å². The molecule has 1 aliphatic rings. The van der Waals surface area contributed by atoms with Gasteiger partial charge in [-0.1, -0.05) is 0 Å². The molecule has 0 spiro atoms. The average molecular weight is 210 g/mol. The van der Waals surface area contributed by atoms with Crippen molar-refractivity contribution < 1.29 is 29.6 Å². The Morgan fingerprint density at radius 3 is 2.67 bits per heavy atom. The second kappa shape index (κ2) is 2.96. The first-order valence-corrected chi connectivity index (χ1v) is 3.99. The highest BCUT2D eigenvalue weighted by Crippen LogP contribution is 2.40. The van der Waals surface area contributed by atoms with E-state index in [2.05, 4.69) is 4.74 Å². The van der Waals surface area contributed by atoms with Crippen LogP contribution in [0, 0.1) is 0 Å². The Labute approximate surface area is 83.3 Å². The zero-order valence-corrected chi connectivity index (χ0v) is 7.30. The van der Waals surface area contributed by atoms with Gasteiger partial charge in [-0.25, -0.2) is 4.79 Å². The number of carbonyl (C=O) groups excluding carboxylic acids is 2. The quantitative estimate of drug-likeness (QED) is 0.447. The summed E-state index contributed by atoms with van der Waals surface area (Å²) in [4.78, 5) is 21.6. The van der Waals surface area contributed by atoms with Crippen LogP contribution in [0.3, 0.4) is 0 Å². The molecule has 0 aliphatic carbocycles. The largest absolute Gasteiger partial charge is 0.507 e. The Morgan fingerprint density at radius 2 is 2.07 bits per heavy atom. The van der Waals surface area contributed by atoms with Crippen molar-refractivity contribution in [2.24, 2.45) is 0 Å². The number of ether oxygens (including phenoxy) is 1. The maximum absolute atomic E-state index is 11.1. The molecule has 1 aromatic carbocycles. The highest BCUT2D eigenvalue weighted by atomic mass is 16.6. The Bertz CT molecular complexity index is 464. The molecule has 15 heavy (non-hydrogen) atoms. The van der Waals surface area contributed by atoms with Crippen molar-refractivity contribution in [1.82, 2.24) is 0 Å². The van der Waals surface area contributed by atoms with Gasteiger partial charge in [-0.05, 0) is 6.07 Å². The van der Waals surface area contributed by atoms with E-state index in [1.165, 1.54) is 0 Å². The lowest BCUT2D eigenvalue weighted by molar-refractivity contribution is -0.0555. The first-order chi connectivity index (χ1) is 7.06. The molecule has 1 heterocycles. The van der Waals surface area contributed by atoms with Crippen molar-refractivity contribution in [3.8, 4) is 11.5 Å². The lowest BCUT2D eigenvalue weighted by atomic mass is 10.0. The van der Waals surface area contributed by atoms with Crippen molar-refractivity contribution in [3.63, 3.8) is 0 Å². The average Bonchev–Trinajstić information content (AvgIpc) is 2.42. The molecule has 1 aromatic rings. The minimum absolute atomic E-state index is 0.150. The third kappa shape index (κ3) is 1.15. The molecule has 0 fully saturated rings. The van der Waals surface area contributed by atoms with Crippen LogP contribution in [0.25, 0.3) is 0 Å². The second-order valence-corrected chi connectivity index (χ2v) is 2.99. The zero-order chi connectivity index (χ0) is 11.2. The summed E-state index contributed by atoms with van der Waals surface area (Å²) in [5.41, 5.74) is -0.728. The van der Waals surface area contributed by atoms with Crippen molar-refractivity contribution in [2.75, 3.05) is 0 Å². The van der Waals surface area contributed by atoms with Gasteiger partial charge in [-0.3, -0.25) is 4.79 Å². The molecule has 3 N–H and O–H groups in total. The van der Waals surface area contributed by atoms with Crippen LogP contribution in [0.1, 0.15) is 32.6 Å². The van der Waals surface area contributed by atoms with Gasteiger partial charge in [-0.2, -0.15) is 0 Å². The van der Waals surface area contributed by atoms with E-state index in [-0.39, 0.29) is 23.0 Å². The summed E-state index contributed by atoms with van der Waals surface area (Å²) in [7, 11) is 0. The number of esters is 1. The summed E-state index contributed by atoms with van der Waals surface area (Å²) >= 11 is 0. The van der Waals surface area contributed by atoms with Gasteiger partial charge < -0.3 is 20.1 Å². The Hall–Kier alpha value is -2.08. The predicted octanol–water partition coefficient (Wildman–Crippen LogP) is 0.0716. The number of phenolic OH excluding ortho intramolecular Hbond substituents is 2. The first kappa shape index (κ1) is 9.47. The van der Waals surface area contributed by atoms with E-state index in [9.17, 15) is 24.9 Å². The van der Waals surface area contributed by atoms with E-state index in [4.69, 9.17) is 0 Å². The normalized spacial score (nSPS) is 18.5. The third-order valence-electron chi connectivity index (χ3n) is 2.16. The van der Waals surface area contributed by atoms with Gasteiger partial charge in [0.1, 0.15) is 11.5 Å². The van der Waals surface area contributed by atoms with Gasteiger partial charge in [-0.15, -0.1) is 0 Å². The predicted molar refractivity (Wildman–Crippen MR) is 45.5 cm³/mol. The molecular weight excluding hydrogens is 204 g/mol. The van der Waals surface area contributed by atoms with E-state index in [1.54, 1.807) is 0 Å². The number of fused-ring (bicyclic) bond motifs is 1. The van der Waals surface area contributed by atoms with Gasteiger partial charge >= 0.3 is 5.97 Å². The van der Waals surface area contributed by atoms with Crippen molar-refractivity contribution in [2.45, 2.75) is 6.29 Å². The van der Waals surface area contributed by atoms with Crippen LogP contribution in [0.2, 0.25) is 0 Å². The zero-order valence-electron chi connectivity index (χ0n) is 7.30. The van der Waals surface area contributed by atoms with Crippen LogP contribution in [0.15, 0.2) is 6.07 Å². The van der Waals surface area contributed by atoms with Crippen LogP contribution >= 0.6 is 0 Å². The summed E-state index contributed by atoms with van der Waals surface area (Å²) in [6.45, 7) is 0. The second-order valence-electron chi connectivity index (χ2n) is 2.99. The Kier molecular flexibility index (Phi) is 1.87. The molecule has 0 aromatic heterocycles. The van der Waals surface area contributed by atoms with Crippen LogP contribution < -0.4 is 0 Å². The number of hydrogen-bond donors (Lipinski definition) is 3. The lowest BCUT2D eigenvalue weighted by Gasteiger charge is -2.06. The van der Waals surface area contributed by atoms with E-state index < -0.39 is 23.8 Å². The van der Waals surface area contributed by atoms with Crippen molar-refractivity contribution >= 4 is 12.3 Å². The fourth-order valence-corrected chi connectivity index (χ4v) is 1.45. The lowest BCUT2D eigenvalue weighted by Crippen LogP contribution is -1.96. The van der Waals surface area contributed by atoms with Gasteiger partial charge in [0.15, 0.2) is 6.29 Å². The fourth-order valence-electron chi connectivity index (χ4n) is 1.45. The number of aldehydes is 1. The summed E-state index contributed by atoms with van der Waals surface area (Å²) in [5.74, 6) is -2.04. The number of benzene rings is 1. The molecule has 6 nitrogen and oxygen atoms in total. The van der Waals surface area contributed by atoms with Gasteiger partial charge in [0.25, 0.3) is 0 Å². The monoisotopic (exact) mass is 210 g/mol. The smallest absolute Gasteiger partial charge is 0.341 e. The highest BCUT2D eigenvalue weighted by molar-refractivity contribution is 5.98. The molecule has 1 aliphatic heterocycles. The number of aliphatic hydroxyl groups excluding tert-OH is 1. The van der Waals surface area contributed by atoms with E-state index in [0.717, 1.165) is 6.07 Å². The van der Waals surface area contributed by atoms with Crippen LogP contribution in [0.4, 0.5) is 0 Å². The fraction of sp³-hybridized carbons (Fsp3) is 0.111. The van der Waals surface area contributed by atoms with Crippen LogP contribution in [-0.2, 0) is 4.74 Å². The number of carbonyl (C=O) groups is 2. The molecule has 2 rings (SSSR count). The number of aliphatic hydroxyl groups is 1. The standard InChI is InChI=1S/C9H6O6/c10-2-4-5(11)1-3-6(7(4)12)9(14)15-8(3)13/h1-2,9,11-12,14H/t9-/m1/s1. The van der Waals surface area contributed by atoms with Crippen molar-refractivity contribution in [1.29, 1.82) is 0 Å². The summed E-state index contributed by atoms with van der Waals surface area (Å²) in [6, 6.07) is 0.970. The first-order valence-electron chi connectivity index (χ1n) is 3.99. The van der Waals surface area contributed by atoms with E-state index >= 15 is 0 Å². The Balaban J connectivity index is 2.77. The third-order valence-corrected chi connectivity index (χ3v) is 2.16. The molecule has 0 unspecified atom stereocenters. The molecule has 0 amide bonds. The number of phenols is 2. The maximum atomic E-state index is 11.1. The van der Waals surface area contributed by atoms with Crippen molar-refractivity contribution in [3.05, 3.63) is 22.8 Å². The van der Waals surface area contributed by atoms with Gasteiger partial charge in [0, 0.05) is 0 Å². The topological polar surface area (TPSA) is 104 Å². The number of aromatic hydroxyl groups is 2. The maximum Gasteiger partial charge on any atom is 0.341 e. The molecule has 1 atom stereocenters. The SMILES string of the molecule is O=Cc1c(O)cc2c(c1O)[C@H](O)OC2=O. The van der Waals surface area contributed by atoms with E-state index in [1.807, 2.05) is 0 Å². The number of cyclic esters (lactones) is 1. The minimum atomic E-state index is -1.60. The molecule has 0 saturated heterocycles. The highest BCUT2D eigenvalue weighted by Gasteiger charge is 2.35. The van der Waals surface area contributed by atoms with E-state index in [0.29, 0.717) is 0 Å². The molecule has 78 valence electrons. The molecule has 0 radical (unpaired) electrons. The summed E-state index contributed by atoms with van der Waals surface area (Å²) in [5, 5.41) is 28.0. The van der Waals surface area contributed by atoms with Crippen LogP contribution in [0.5, 0.6) is 11.5 Å². The number of rotatable bonds is 1. The molecule has 0 bridgehead atoms. The molecular formula is C9H6O6. The summed E-state index contributed by atoms with van der Waals surface area (Å²) in [6.07, 6.45) is -1.38. The minimum Gasteiger partial charge on any atom is -0.507 e. The number of hydrogen-bond acceptors (Lipinski definition) is 6. The van der Waals surface area contributed by atoms with Gasteiger partial charge in [0.05, 0.1) is 16.7 Å². The summed E-state index contributed by atoms with van der Waals surface area (Å²) < 4.78 is 4.40. The Morgan fingerprint density at radius 1 is 1.40 bits per heavy atom. The van der Waals surface area contributed by atoms with Crippen LogP contribution in [-0.4, -0.2) is 27.6 Å². The molecule has 0 saturated carbocycles. The molecule has 6 heteroatoms.